The fraction of sp³-hybridized carbons (Fsp3) is 0.458. The number of hydrogen-bond acceptors (Lipinski definition) is 7. The Labute approximate surface area is 191 Å². The SMILES string of the molecule is CCOC(=O)C(Cc1ccc(OCCN(CC)CC)cc1)S(=O)(=O)c1ccc(OC)cc1. The van der Waals surface area contributed by atoms with Crippen LogP contribution in [0, 0.1) is 0 Å². The molecule has 2 aromatic carbocycles. The molecule has 0 aliphatic heterocycles. The standard InChI is InChI=1S/C24H33NO6S/c1-5-25(6-2)16-17-31-21-10-8-19(9-11-21)18-23(24(26)30-7-3)32(27,28)22-14-12-20(29-4)13-15-22/h8-15,23H,5-7,16-18H2,1-4H3. The van der Waals surface area contributed by atoms with E-state index in [4.69, 9.17) is 14.2 Å². The number of likely N-dealkylation sites (N-methyl/N-ethyl adjacent to an activating group) is 1. The second-order valence-corrected chi connectivity index (χ2v) is 9.32. The van der Waals surface area contributed by atoms with Crippen molar-refractivity contribution in [1.82, 2.24) is 4.90 Å². The van der Waals surface area contributed by atoms with Crippen LogP contribution >= 0.6 is 0 Å². The maximum absolute atomic E-state index is 13.2. The number of sulfone groups is 1. The number of rotatable bonds is 13. The molecule has 8 heteroatoms. The fourth-order valence-electron chi connectivity index (χ4n) is 3.25. The van der Waals surface area contributed by atoms with Crippen molar-refractivity contribution in [1.29, 1.82) is 0 Å². The largest absolute Gasteiger partial charge is 0.497 e. The van der Waals surface area contributed by atoms with Gasteiger partial charge in [-0.2, -0.15) is 0 Å². The smallest absolute Gasteiger partial charge is 0.325 e. The molecule has 0 aliphatic rings. The maximum Gasteiger partial charge on any atom is 0.325 e. The van der Waals surface area contributed by atoms with E-state index in [9.17, 15) is 13.2 Å². The second kappa shape index (κ2) is 12.5. The molecular formula is C24H33NO6S. The number of hydrogen-bond donors (Lipinski definition) is 0. The lowest BCUT2D eigenvalue weighted by Crippen LogP contribution is -2.34. The monoisotopic (exact) mass is 463 g/mol. The zero-order chi connectivity index (χ0) is 23.6. The van der Waals surface area contributed by atoms with Gasteiger partial charge in [0.05, 0.1) is 18.6 Å². The zero-order valence-electron chi connectivity index (χ0n) is 19.2. The van der Waals surface area contributed by atoms with Gasteiger partial charge in [-0.1, -0.05) is 26.0 Å². The number of benzene rings is 2. The van der Waals surface area contributed by atoms with Gasteiger partial charge in [-0.15, -0.1) is 0 Å². The van der Waals surface area contributed by atoms with E-state index < -0.39 is 21.1 Å². The van der Waals surface area contributed by atoms with Gasteiger partial charge in [-0.25, -0.2) is 8.42 Å². The highest BCUT2D eigenvalue weighted by atomic mass is 32.2. The molecule has 1 atom stereocenters. The lowest BCUT2D eigenvalue weighted by molar-refractivity contribution is -0.142. The van der Waals surface area contributed by atoms with Crippen LogP contribution in [-0.2, 0) is 25.8 Å². The molecule has 32 heavy (non-hydrogen) atoms. The summed E-state index contributed by atoms with van der Waals surface area (Å²) in [5.41, 5.74) is 0.705. The van der Waals surface area contributed by atoms with E-state index in [1.54, 1.807) is 43.3 Å². The highest BCUT2D eigenvalue weighted by molar-refractivity contribution is 7.92. The van der Waals surface area contributed by atoms with Crippen molar-refractivity contribution in [3.05, 3.63) is 54.1 Å². The Morgan fingerprint density at radius 1 is 0.938 bits per heavy atom. The predicted molar refractivity (Wildman–Crippen MR) is 124 cm³/mol. The van der Waals surface area contributed by atoms with Gasteiger partial charge in [0.1, 0.15) is 18.1 Å². The van der Waals surface area contributed by atoms with Gasteiger partial charge >= 0.3 is 5.97 Å². The Bertz CT molecular complexity index is 937. The van der Waals surface area contributed by atoms with Crippen LogP contribution in [0.15, 0.2) is 53.4 Å². The lowest BCUT2D eigenvalue weighted by Gasteiger charge is -2.18. The summed E-state index contributed by atoms with van der Waals surface area (Å²) < 4.78 is 42.4. The molecule has 7 nitrogen and oxygen atoms in total. The van der Waals surface area contributed by atoms with Crippen molar-refractivity contribution >= 4 is 15.8 Å². The number of methoxy groups -OCH3 is 1. The molecule has 0 N–H and O–H groups in total. The highest BCUT2D eigenvalue weighted by Crippen LogP contribution is 2.24. The quantitative estimate of drug-likeness (QED) is 0.421. The number of esters is 1. The molecule has 0 fully saturated rings. The minimum absolute atomic E-state index is 0.00687. The van der Waals surface area contributed by atoms with Crippen molar-refractivity contribution in [2.45, 2.75) is 37.3 Å². The summed E-state index contributed by atoms with van der Waals surface area (Å²) in [6, 6.07) is 13.1. The van der Waals surface area contributed by atoms with Crippen LogP contribution in [-0.4, -0.2) is 64.5 Å². The van der Waals surface area contributed by atoms with Gasteiger partial charge in [0.2, 0.25) is 0 Å². The Kier molecular flexibility index (Phi) is 9.99. The molecule has 0 aliphatic carbocycles. The van der Waals surface area contributed by atoms with E-state index in [0.29, 0.717) is 23.7 Å². The molecule has 0 bridgehead atoms. The topological polar surface area (TPSA) is 82.1 Å². The molecule has 0 amide bonds. The number of carbonyl (C=O) groups excluding carboxylic acids is 1. The maximum atomic E-state index is 13.2. The molecule has 0 aromatic heterocycles. The predicted octanol–water partition coefficient (Wildman–Crippen LogP) is 3.36. The molecule has 0 spiro atoms. The van der Waals surface area contributed by atoms with Crippen molar-refractivity contribution in [2.24, 2.45) is 0 Å². The van der Waals surface area contributed by atoms with Gasteiger partial charge in [-0.05, 0) is 62.0 Å². The summed E-state index contributed by atoms with van der Waals surface area (Å²) in [7, 11) is -2.45. The van der Waals surface area contributed by atoms with Gasteiger partial charge in [0, 0.05) is 13.0 Å². The molecule has 0 heterocycles. The van der Waals surface area contributed by atoms with Crippen molar-refractivity contribution in [3.8, 4) is 11.5 Å². The van der Waals surface area contributed by atoms with Crippen molar-refractivity contribution in [2.75, 3.05) is 40.0 Å². The van der Waals surface area contributed by atoms with Gasteiger partial charge in [-0.3, -0.25) is 4.79 Å². The summed E-state index contributed by atoms with van der Waals surface area (Å²) in [4.78, 5) is 14.9. The van der Waals surface area contributed by atoms with Gasteiger partial charge in [0.25, 0.3) is 0 Å². The Balaban J connectivity index is 2.15. The fourth-order valence-corrected chi connectivity index (χ4v) is 4.83. The van der Waals surface area contributed by atoms with Crippen molar-refractivity contribution in [3.63, 3.8) is 0 Å². The third-order valence-electron chi connectivity index (χ3n) is 5.23. The summed E-state index contributed by atoms with van der Waals surface area (Å²) in [6.45, 7) is 9.31. The molecule has 2 aromatic rings. The van der Waals surface area contributed by atoms with Crippen LogP contribution in [0.4, 0.5) is 0 Å². The molecule has 0 saturated heterocycles. The lowest BCUT2D eigenvalue weighted by atomic mass is 10.1. The third-order valence-corrected chi connectivity index (χ3v) is 7.26. The average molecular weight is 464 g/mol. The van der Waals surface area contributed by atoms with E-state index in [0.717, 1.165) is 19.6 Å². The molecule has 0 radical (unpaired) electrons. The first-order valence-corrected chi connectivity index (χ1v) is 12.4. The van der Waals surface area contributed by atoms with Gasteiger partial charge in [0.15, 0.2) is 15.1 Å². The minimum Gasteiger partial charge on any atom is -0.497 e. The Morgan fingerprint density at radius 3 is 2.06 bits per heavy atom. The van der Waals surface area contributed by atoms with Crippen LogP contribution in [0.5, 0.6) is 11.5 Å². The first-order chi connectivity index (χ1) is 15.3. The first-order valence-electron chi connectivity index (χ1n) is 10.8. The summed E-state index contributed by atoms with van der Waals surface area (Å²) in [5.74, 6) is 0.475. The molecule has 0 saturated carbocycles. The second-order valence-electron chi connectivity index (χ2n) is 7.18. The molecule has 176 valence electrons. The number of carbonyl (C=O) groups is 1. The normalized spacial score (nSPS) is 12.4. The Hall–Kier alpha value is -2.58. The van der Waals surface area contributed by atoms with Crippen LogP contribution in [0.3, 0.4) is 0 Å². The van der Waals surface area contributed by atoms with Gasteiger partial charge < -0.3 is 19.1 Å². The molecule has 2 rings (SSSR count). The van der Waals surface area contributed by atoms with E-state index in [1.165, 1.54) is 19.2 Å². The number of nitrogens with zero attached hydrogens (tertiary/aromatic N) is 1. The van der Waals surface area contributed by atoms with E-state index in [1.807, 2.05) is 0 Å². The molecular weight excluding hydrogens is 430 g/mol. The number of ether oxygens (including phenoxy) is 3. The van der Waals surface area contributed by atoms with Crippen molar-refractivity contribution < 1.29 is 27.4 Å². The van der Waals surface area contributed by atoms with E-state index in [-0.39, 0.29) is 17.9 Å². The van der Waals surface area contributed by atoms with Crippen LogP contribution in [0.25, 0.3) is 0 Å². The summed E-state index contributed by atoms with van der Waals surface area (Å²) in [5, 5.41) is -1.34. The summed E-state index contributed by atoms with van der Waals surface area (Å²) >= 11 is 0. The highest BCUT2D eigenvalue weighted by Gasteiger charge is 2.35. The average Bonchev–Trinajstić information content (AvgIpc) is 2.81. The zero-order valence-corrected chi connectivity index (χ0v) is 20.1. The molecule has 1 unspecified atom stereocenters. The van der Waals surface area contributed by atoms with Crippen LogP contribution in [0.1, 0.15) is 26.3 Å². The minimum atomic E-state index is -3.95. The van der Waals surface area contributed by atoms with E-state index in [2.05, 4.69) is 18.7 Å². The van der Waals surface area contributed by atoms with Crippen LogP contribution < -0.4 is 9.47 Å². The Morgan fingerprint density at radius 2 is 1.53 bits per heavy atom. The summed E-state index contributed by atoms with van der Waals surface area (Å²) in [6.07, 6.45) is 0.00687. The van der Waals surface area contributed by atoms with E-state index >= 15 is 0 Å². The third kappa shape index (κ3) is 6.97. The van der Waals surface area contributed by atoms with Crippen LogP contribution in [0.2, 0.25) is 0 Å². The first kappa shape index (κ1) is 25.7.